The van der Waals surface area contributed by atoms with Crippen LogP contribution in [-0.4, -0.2) is 23.7 Å². The molecule has 0 radical (unpaired) electrons. The zero-order valence-corrected chi connectivity index (χ0v) is 11.9. The predicted octanol–water partition coefficient (Wildman–Crippen LogP) is 3.24. The van der Waals surface area contributed by atoms with Crippen LogP contribution >= 0.6 is 0 Å². The van der Waals surface area contributed by atoms with Crippen molar-refractivity contribution >= 4 is 11.7 Å². The number of carbonyl (C=O) groups is 1. The SMILES string of the molecule is Cc1ccc(N(CC(C)C(=O)O)C(C)C)cc1C. The maximum absolute atomic E-state index is 11.0. The first-order chi connectivity index (χ1) is 8.32. The van der Waals surface area contributed by atoms with Gasteiger partial charge in [-0.1, -0.05) is 13.0 Å². The van der Waals surface area contributed by atoms with Gasteiger partial charge in [0.1, 0.15) is 0 Å². The third-order valence-electron chi connectivity index (χ3n) is 3.34. The Bertz CT molecular complexity index is 427. The number of aliphatic carboxylic acids is 1. The molecule has 3 heteroatoms. The summed E-state index contributed by atoms with van der Waals surface area (Å²) < 4.78 is 0. The summed E-state index contributed by atoms with van der Waals surface area (Å²) in [7, 11) is 0. The highest BCUT2D eigenvalue weighted by molar-refractivity contribution is 5.70. The summed E-state index contributed by atoms with van der Waals surface area (Å²) >= 11 is 0. The largest absolute Gasteiger partial charge is 0.481 e. The lowest BCUT2D eigenvalue weighted by Crippen LogP contribution is -2.37. The van der Waals surface area contributed by atoms with E-state index < -0.39 is 5.97 Å². The molecule has 0 heterocycles. The van der Waals surface area contributed by atoms with E-state index in [0.717, 1.165) is 5.69 Å². The van der Waals surface area contributed by atoms with Crippen LogP contribution in [0.5, 0.6) is 0 Å². The second-order valence-corrected chi connectivity index (χ2v) is 5.25. The van der Waals surface area contributed by atoms with Crippen molar-refractivity contribution in [3.63, 3.8) is 0 Å². The fourth-order valence-corrected chi connectivity index (χ4v) is 1.89. The second-order valence-electron chi connectivity index (χ2n) is 5.25. The molecule has 0 aromatic heterocycles. The zero-order valence-electron chi connectivity index (χ0n) is 11.9. The Balaban J connectivity index is 2.97. The molecule has 1 rings (SSSR count). The van der Waals surface area contributed by atoms with Crippen LogP contribution in [0.3, 0.4) is 0 Å². The maximum Gasteiger partial charge on any atom is 0.308 e. The van der Waals surface area contributed by atoms with Gasteiger partial charge in [-0.15, -0.1) is 0 Å². The third-order valence-corrected chi connectivity index (χ3v) is 3.34. The van der Waals surface area contributed by atoms with E-state index in [1.165, 1.54) is 11.1 Å². The van der Waals surface area contributed by atoms with Gasteiger partial charge in [-0.25, -0.2) is 0 Å². The average Bonchev–Trinajstić information content (AvgIpc) is 2.29. The summed E-state index contributed by atoms with van der Waals surface area (Å²) in [5, 5.41) is 9.03. The van der Waals surface area contributed by atoms with Gasteiger partial charge >= 0.3 is 5.97 Å². The number of rotatable bonds is 5. The van der Waals surface area contributed by atoms with Crippen LogP contribution in [-0.2, 0) is 4.79 Å². The van der Waals surface area contributed by atoms with Crippen LogP contribution in [0.2, 0.25) is 0 Å². The highest BCUT2D eigenvalue weighted by atomic mass is 16.4. The standard InChI is InChI=1S/C15H23NO2/c1-10(2)16(9-13(5)15(17)18)14-7-6-11(3)12(4)8-14/h6-8,10,13H,9H2,1-5H3,(H,17,18). The van der Waals surface area contributed by atoms with E-state index in [1.807, 2.05) is 0 Å². The molecular weight excluding hydrogens is 226 g/mol. The van der Waals surface area contributed by atoms with Crippen molar-refractivity contribution in [2.24, 2.45) is 5.92 Å². The normalized spacial score (nSPS) is 12.6. The van der Waals surface area contributed by atoms with E-state index in [9.17, 15) is 4.79 Å². The summed E-state index contributed by atoms with van der Waals surface area (Å²) in [6, 6.07) is 6.57. The van der Waals surface area contributed by atoms with Gasteiger partial charge in [0, 0.05) is 18.3 Å². The van der Waals surface area contributed by atoms with E-state index >= 15 is 0 Å². The molecule has 0 aliphatic heterocycles. The topological polar surface area (TPSA) is 40.5 Å². The quantitative estimate of drug-likeness (QED) is 0.871. The molecule has 1 aromatic rings. The van der Waals surface area contributed by atoms with Gasteiger partial charge in [0.05, 0.1) is 5.92 Å². The molecule has 0 amide bonds. The Morgan fingerprint density at radius 1 is 1.22 bits per heavy atom. The number of nitrogens with zero attached hydrogens (tertiary/aromatic N) is 1. The molecule has 1 aromatic carbocycles. The molecule has 100 valence electrons. The molecule has 18 heavy (non-hydrogen) atoms. The number of carboxylic acid groups (broad SMARTS) is 1. The Morgan fingerprint density at radius 2 is 1.83 bits per heavy atom. The summed E-state index contributed by atoms with van der Waals surface area (Å²) in [4.78, 5) is 13.1. The summed E-state index contributed by atoms with van der Waals surface area (Å²) in [5.74, 6) is -1.11. The van der Waals surface area contributed by atoms with Crippen LogP contribution in [0.1, 0.15) is 31.9 Å². The van der Waals surface area contributed by atoms with Gasteiger partial charge in [-0.05, 0) is 51.0 Å². The number of hydrogen-bond donors (Lipinski definition) is 1. The Hall–Kier alpha value is -1.51. The van der Waals surface area contributed by atoms with Crippen molar-refractivity contribution in [1.82, 2.24) is 0 Å². The first-order valence-corrected chi connectivity index (χ1v) is 6.39. The molecular formula is C15H23NO2. The Morgan fingerprint density at radius 3 is 2.28 bits per heavy atom. The van der Waals surface area contributed by atoms with E-state index in [0.29, 0.717) is 6.54 Å². The lowest BCUT2D eigenvalue weighted by molar-refractivity contribution is -0.140. The van der Waals surface area contributed by atoms with Gasteiger partial charge in [-0.3, -0.25) is 4.79 Å². The lowest BCUT2D eigenvalue weighted by Gasteiger charge is -2.31. The molecule has 0 saturated heterocycles. The second kappa shape index (κ2) is 5.89. The fraction of sp³-hybridized carbons (Fsp3) is 0.533. The van der Waals surface area contributed by atoms with Crippen molar-refractivity contribution in [2.75, 3.05) is 11.4 Å². The monoisotopic (exact) mass is 249 g/mol. The zero-order chi connectivity index (χ0) is 13.9. The molecule has 0 spiro atoms. The van der Waals surface area contributed by atoms with Gasteiger partial charge in [-0.2, -0.15) is 0 Å². The van der Waals surface area contributed by atoms with Crippen LogP contribution < -0.4 is 4.90 Å². The van der Waals surface area contributed by atoms with Crippen LogP contribution in [0.15, 0.2) is 18.2 Å². The van der Waals surface area contributed by atoms with Gasteiger partial charge in [0.15, 0.2) is 0 Å². The number of carboxylic acids is 1. The number of benzene rings is 1. The molecule has 0 aliphatic rings. The highest BCUT2D eigenvalue weighted by Crippen LogP contribution is 2.22. The number of aryl methyl sites for hydroxylation is 2. The van der Waals surface area contributed by atoms with Crippen LogP contribution in [0, 0.1) is 19.8 Å². The fourth-order valence-electron chi connectivity index (χ4n) is 1.89. The molecule has 3 nitrogen and oxygen atoms in total. The molecule has 0 fully saturated rings. The number of anilines is 1. The molecule has 0 aliphatic carbocycles. The minimum Gasteiger partial charge on any atom is -0.481 e. The minimum atomic E-state index is -0.746. The highest BCUT2D eigenvalue weighted by Gasteiger charge is 2.18. The molecule has 0 saturated carbocycles. The Labute approximate surface area is 109 Å². The van der Waals surface area contributed by atoms with E-state index in [4.69, 9.17) is 5.11 Å². The minimum absolute atomic E-state index is 0.286. The average molecular weight is 249 g/mol. The van der Waals surface area contributed by atoms with Crippen molar-refractivity contribution in [3.8, 4) is 0 Å². The van der Waals surface area contributed by atoms with Gasteiger partial charge < -0.3 is 10.0 Å². The van der Waals surface area contributed by atoms with Crippen molar-refractivity contribution in [3.05, 3.63) is 29.3 Å². The maximum atomic E-state index is 11.0. The Kier molecular flexibility index (Phi) is 4.76. The van der Waals surface area contributed by atoms with Crippen LogP contribution in [0.25, 0.3) is 0 Å². The van der Waals surface area contributed by atoms with Crippen molar-refractivity contribution in [1.29, 1.82) is 0 Å². The van der Waals surface area contributed by atoms with E-state index in [2.05, 4.69) is 50.8 Å². The molecule has 1 unspecified atom stereocenters. The summed E-state index contributed by atoms with van der Waals surface area (Å²) in [5.41, 5.74) is 3.59. The van der Waals surface area contributed by atoms with Gasteiger partial charge in [0.2, 0.25) is 0 Å². The first kappa shape index (κ1) is 14.6. The summed E-state index contributed by atoms with van der Waals surface area (Å²) in [6.45, 7) is 10.6. The van der Waals surface area contributed by atoms with Crippen molar-refractivity contribution < 1.29 is 9.90 Å². The summed E-state index contributed by atoms with van der Waals surface area (Å²) in [6.07, 6.45) is 0. The lowest BCUT2D eigenvalue weighted by atomic mass is 10.1. The van der Waals surface area contributed by atoms with E-state index in [-0.39, 0.29) is 12.0 Å². The predicted molar refractivity (Wildman–Crippen MR) is 75.2 cm³/mol. The third kappa shape index (κ3) is 3.49. The smallest absolute Gasteiger partial charge is 0.308 e. The molecule has 0 bridgehead atoms. The van der Waals surface area contributed by atoms with Crippen molar-refractivity contribution in [2.45, 2.75) is 40.7 Å². The number of hydrogen-bond acceptors (Lipinski definition) is 2. The molecule has 1 N–H and O–H groups in total. The van der Waals surface area contributed by atoms with Gasteiger partial charge in [0.25, 0.3) is 0 Å². The molecule has 1 atom stereocenters. The first-order valence-electron chi connectivity index (χ1n) is 6.39. The van der Waals surface area contributed by atoms with E-state index in [1.54, 1.807) is 6.92 Å². The van der Waals surface area contributed by atoms with Crippen LogP contribution in [0.4, 0.5) is 5.69 Å².